The molecule has 108 valence electrons. The zero-order valence-corrected chi connectivity index (χ0v) is 12.8. The molecule has 1 aromatic rings. The van der Waals surface area contributed by atoms with Crippen LogP contribution in [0, 0.1) is 6.92 Å². The molecule has 0 saturated heterocycles. The number of anilines is 1. The lowest BCUT2D eigenvalue weighted by atomic mass is 10.4. The number of halogens is 1. The Hall–Kier alpha value is -1.07. The first-order valence-corrected chi connectivity index (χ1v) is 6.92. The van der Waals surface area contributed by atoms with E-state index in [9.17, 15) is 0 Å². The molecule has 0 fully saturated rings. The molecule has 0 radical (unpaired) electrons. The minimum atomic E-state index is 0.0857. The van der Waals surface area contributed by atoms with Crippen LogP contribution in [0.5, 0.6) is 5.88 Å². The first-order valence-electron chi connectivity index (χ1n) is 6.39. The van der Waals surface area contributed by atoms with Gasteiger partial charge in [-0.25, -0.2) is 4.98 Å². The van der Waals surface area contributed by atoms with Crippen LogP contribution in [0.2, 0.25) is 0 Å². The zero-order chi connectivity index (χ0) is 14.3. The lowest BCUT2D eigenvalue weighted by molar-refractivity contribution is 0.205. The standard InChI is InChI=1S/C13H22ClN3O2/c1-10(2)19-12-9-11(3)15-13(16-12)17(6-5-14)7-8-18-4/h9-10H,5-8H2,1-4H3. The van der Waals surface area contributed by atoms with Crippen molar-refractivity contribution in [1.82, 2.24) is 9.97 Å². The summed E-state index contributed by atoms with van der Waals surface area (Å²) < 4.78 is 10.7. The number of hydrogen-bond donors (Lipinski definition) is 0. The lowest BCUT2D eigenvalue weighted by Gasteiger charge is -2.22. The third-order valence-corrected chi connectivity index (χ3v) is 2.55. The van der Waals surface area contributed by atoms with Gasteiger partial charge in [0.05, 0.1) is 12.7 Å². The largest absolute Gasteiger partial charge is 0.475 e. The van der Waals surface area contributed by atoms with Crippen molar-refractivity contribution in [1.29, 1.82) is 0 Å². The van der Waals surface area contributed by atoms with Crippen molar-refractivity contribution in [2.45, 2.75) is 26.9 Å². The van der Waals surface area contributed by atoms with Gasteiger partial charge in [0.1, 0.15) is 0 Å². The lowest BCUT2D eigenvalue weighted by Crippen LogP contribution is -2.31. The monoisotopic (exact) mass is 287 g/mol. The third kappa shape index (κ3) is 5.61. The predicted octanol–water partition coefficient (Wildman–Crippen LogP) is 2.26. The van der Waals surface area contributed by atoms with Crippen LogP contribution in [0.15, 0.2) is 6.07 Å². The molecule has 6 heteroatoms. The van der Waals surface area contributed by atoms with Crippen molar-refractivity contribution in [2.75, 3.05) is 37.6 Å². The summed E-state index contributed by atoms with van der Waals surface area (Å²) in [6.45, 7) is 7.85. The number of nitrogens with zero attached hydrogens (tertiary/aromatic N) is 3. The molecular weight excluding hydrogens is 266 g/mol. The summed E-state index contributed by atoms with van der Waals surface area (Å²) in [4.78, 5) is 10.9. The molecule has 0 bridgehead atoms. The molecule has 0 saturated carbocycles. The molecular formula is C13H22ClN3O2. The maximum absolute atomic E-state index is 5.82. The summed E-state index contributed by atoms with van der Waals surface area (Å²) in [5.41, 5.74) is 0.873. The van der Waals surface area contributed by atoms with E-state index in [0.717, 1.165) is 5.69 Å². The Kier molecular flexibility index (Phi) is 6.87. The molecule has 0 aliphatic heterocycles. The summed E-state index contributed by atoms with van der Waals surface area (Å²) in [6, 6.07) is 1.83. The molecule has 0 atom stereocenters. The summed E-state index contributed by atoms with van der Waals surface area (Å²) in [5, 5.41) is 0. The highest BCUT2D eigenvalue weighted by molar-refractivity contribution is 6.18. The number of alkyl halides is 1. The highest BCUT2D eigenvalue weighted by atomic mass is 35.5. The van der Waals surface area contributed by atoms with E-state index in [-0.39, 0.29) is 6.10 Å². The van der Waals surface area contributed by atoms with Gasteiger partial charge in [-0.15, -0.1) is 11.6 Å². The van der Waals surface area contributed by atoms with E-state index in [1.54, 1.807) is 7.11 Å². The first kappa shape index (κ1) is 16.0. The van der Waals surface area contributed by atoms with Gasteiger partial charge in [0.15, 0.2) is 0 Å². The van der Waals surface area contributed by atoms with Gasteiger partial charge >= 0.3 is 0 Å². The quantitative estimate of drug-likeness (QED) is 0.687. The normalized spacial score (nSPS) is 10.8. The Balaban J connectivity index is 2.90. The molecule has 1 rings (SSSR count). The molecule has 0 aliphatic carbocycles. The van der Waals surface area contributed by atoms with Crippen LogP contribution in [0.1, 0.15) is 19.5 Å². The molecule has 0 spiro atoms. The van der Waals surface area contributed by atoms with Gasteiger partial charge in [-0.2, -0.15) is 4.98 Å². The predicted molar refractivity (Wildman–Crippen MR) is 77.3 cm³/mol. The SMILES string of the molecule is COCCN(CCCl)c1nc(C)cc(OC(C)C)n1. The van der Waals surface area contributed by atoms with E-state index in [1.165, 1.54) is 0 Å². The second kappa shape index (κ2) is 8.17. The maximum atomic E-state index is 5.82. The van der Waals surface area contributed by atoms with E-state index in [1.807, 2.05) is 31.7 Å². The average Bonchev–Trinajstić information content (AvgIpc) is 2.32. The Morgan fingerprint density at radius 3 is 2.63 bits per heavy atom. The molecule has 1 aromatic heterocycles. The zero-order valence-electron chi connectivity index (χ0n) is 12.0. The average molecular weight is 288 g/mol. The van der Waals surface area contributed by atoms with Gasteiger partial charge < -0.3 is 14.4 Å². The van der Waals surface area contributed by atoms with Crippen molar-refractivity contribution in [3.05, 3.63) is 11.8 Å². The van der Waals surface area contributed by atoms with Gasteiger partial charge in [0.2, 0.25) is 11.8 Å². The number of aromatic nitrogens is 2. The molecule has 5 nitrogen and oxygen atoms in total. The minimum absolute atomic E-state index is 0.0857. The Morgan fingerprint density at radius 1 is 1.32 bits per heavy atom. The highest BCUT2D eigenvalue weighted by Crippen LogP contribution is 2.16. The fraction of sp³-hybridized carbons (Fsp3) is 0.692. The molecule has 0 N–H and O–H groups in total. The third-order valence-electron chi connectivity index (χ3n) is 2.38. The van der Waals surface area contributed by atoms with Crippen LogP contribution in [0.25, 0.3) is 0 Å². The van der Waals surface area contributed by atoms with Crippen LogP contribution in [0.4, 0.5) is 5.95 Å². The summed E-state index contributed by atoms with van der Waals surface area (Å²) in [6.07, 6.45) is 0.0857. The molecule has 1 heterocycles. The topological polar surface area (TPSA) is 47.5 Å². The highest BCUT2D eigenvalue weighted by Gasteiger charge is 2.12. The van der Waals surface area contributed by atoms with Gasteiger partial charge in [0.25, 0.3) is 0 Å². The molecule has 19 heavy (non-hydrogen) atoms. The van der Waals surface area contributed by atoms with E-state index < -0.39 is 0 Å². The van der Waals surface area contributed by atoms with Gasteiger partial charge in [-0.05, 0) is 20.8 Å². The van der Waals surface area contributed by atoms with Gasteiger partial charge in [-0.1, -0.05) is 0 Å². The number of methoxy groups -OCH3 is 1. The van der Waals surface area contributed by atoms with Crippen LogP contribution >= 0.6 is 11.6 Å². The Labute approximate surface area is 119 Å². The summed E-state index contributed by atoms with van der Waals surface area (Å²) in [7, 11) is 1.67. The Bertz CT molecular complexity index is 388. The Morgan fingerprint density at radius 2 is 2.05 bits per heavy atom. The fourth-order valence-electron chi connectivity index (χ4n) is 1.58. The van der Waals surface area contributed by atoms with Crippen molar-refractivity contribution >= 4 is 17.5 Å². The number of aryl methyl sites for hydroxylation is 1. The number of hydrogen-bond acceptors (Lipinski definition) is 5. The van der Waals surface area contributed by atoms with Gasteiger partial charge in [0, 0.05) is 37.8 Å². The van der Waals surface area contributed by atoms with Crippen LogP contribution < -0.4 is 9.64 Å². The summed E-state index contributed by atoms with van der Waals surface area (Å²) >= 11 is 5.82. The van der Waals surface area contributed by atoms with E-state index in [0.29, 0.717) is 37.4 Å². The van der Waals surface area contributed by atoms with E-state index in [4.69, 9.17) is 21.1 Å². The molecule has 0 aliphatic rings. The fourth-order valence-corrected chi connectivity index (χ4v) is 1.79. The van der Waals surface area contributed by atoms with Crippen molar-refractivity contribution in [3.8, 4) is 5.88 Å². The van der Waals surface area contributed by atoms with Crippen molar-refractivity contribution in [2.24, 2.45) is 0 Å². The minimum Gasteiger partial charge on any atom is -0.475 e. The number of rotatable bonds is 8. The van der Waals surface area contributed by atoms with E-state index >= 15 is 0 Å². The molecule has 0 aromatic carbocycles. The second-order valence-corrected chi connectivity index (χ2v) is 4.86. The first-order chi connectivity index (χ1) is 9.06. The van der Waals surface area contributed by atoms with Gasteiger partial charge in [-0.3, -0.25) is 0 Å². The van der Waals surface area contributed by atoms with Crippen LogP contribution in [-0.2, 0) is 4.74 Å². The van der Waals surface area contributed by atoms with Crippen molar-refractivity contribution in [3.63, 3.8) is 0 Å². The maximum Gasteiger partial charge on any atom is 0.228 e. The molecule has 0 amide bonds. The van der Waals surface area contributed by atoms with Crippen LogP contribution in [0.3, 0.4) is 0 Å². The smallest absolute Gasteiger partial charge is 0.228 e. The van der Waals surface area contributed by atoms with Crippen molar-refractivity contribution < 1.29 is 9.47 Å². The summed E-state index contributed by atoms with van der Waals surface area (Å²) in [5.74, 6) is 1.74. The molecule has 0 unspecified atom stereocenters. The number of ether oxygens (including phenoxy) is 2. The van der Waals surface area contributed by atoms with E-state index in [2.05, 4.69) is 9.97 Å². The second-order valence-electron chi connectivity index (χ2n) is 4.48. The van der Waals surface area contributed by atoms with Crippen LogP contribution in [-0.4, -0.2) is 48.8 Å².